The lowest BCUT2D eigenvalue weighted by molar-refractivity contribution is 0.00719. The normalized spacial score (nSPS) is 18.2. The summed E-state index contributed by atoms with van der Waals surface area (Å²) in [5, 5.41) is 5.89. The van der Waals surface area contributed by atoms with Crippen molar-refractivity contribution < 1.29 is 19.0 Å². The van der Waals surface area contributed by atoms with Gasteiger partial charge in [-0.2, -0.15) is 0 Å². The van der Waals surface area contributed by atoms with Gasteiger partial charge in [0.1, 0.15) is 0 Å². The number of carbonyl (C=O) groups is 1. The fourth-order valence-electron chi connectivity index (χ4n) is 3.19. The van der Waals surface area contributed by atoms with Crippen molar-refractivity contribution in [1.82, 2.24) is 15.5 Å². The zero-order valence-corrected chi connectivity index (χ0v) is 14.9. The molecule has 1 fully saturated rings. The number of fused-ring (bicyclic) bond motifs is 1. The number of ether oxygens (including phenoxy) is 3. The summed E-state index contributed by atoms with van der Waals surface area (Å²) in [4.78, 5) is 14.5. The first-order valence-corrected chi connectivity index (χ1v) is 8.85. The summed E-state index contributed by atoms with van der Waals surface area (Å²) in [5.41, 5.74) is 0.980. The Bertz CT molecular complexity index is 588. The standard InChI is InChI=1S/C18H27N3O4/c1-13(2)15(21-5-7-23-8-6-21)11-20-18(22)19-10-14-3-4-16-17(9-14)25-12-24-16/h3-4,9,13,15H,5-8,10-12H2,1-2H3,(H2,19,20,22)/t15-/m0/s1. The van der Waals surface area contributed by atoms with Crippen LogP contribution in [-0.2, 0) is 11.3 Å². The van der Waals surface area contributed by atoms with Crippen LogP contribution in [0.3, 0.4) is 0 Å². The molecule has 0 aromatic heterocycles. The third-order valence-corrected chi connectivity index (χ3v) is 4.65. The van der Waals surface area contributed by atoms with Crippen LogP contribution in [0.25, 0.3) is 0 Å². The minimum absolute atomic E-state index is 0.156. The summed E-state index contributed by atoms with van der Waals surface area (Å²) in [6.45, 7) is 9.08. The molecule has 25 heavy (non-hydrogen) atoms. The highest BCUT2D eigenvalue weighted by Gasteiger charge is 2.24. The molecule has 0 bridgehead atoms. The molecule has 0 saturated carbocycles. The van der Waals surface area contributed by atoms with Gasteiger partial charge in [0.2, 0.25) is 6.79 Å². The zero-order valence-electron chi connectivity index (χ0n) is 14.9. The Balaban J connectivity index is 1.45. The Morgan fingerprint density at radius 1 is 1.16 bits per heavy atom. The predicted molar refractivity (Wildman–Crippen MR) is 93.8 cm³/mol. The van der Waals surface area contributed by atoms with Crippen molar-refractivity contribution >= 4 is 6.03 Å². The molecule has 0 unspecified atom stereocenters. The Labute approximate surface area is 148 Å². The van der Waals surface area contributed by atoms with Gasteiger partial charge in [0.15, 0.2) is 11.5 Å². The summed E-state index contributed by atoms with van der Waals surface area (Å²) in [7, 11) is 0. The summed E-state index contributed by atoms with van der Waals surface area (Å²) < 4.78 is 16.1. The minimum atomic E-state index is -0.156. The number of urea groups is 1. The molecule has 2 aliphatic rings. The third-order valence-electron chi connectivity index (χ3n) is 4.65. The second-order valence-corrected chi connectivity index (χ2v) is 6.71. The quantitative estimate of drug-likeness (QED) is 0.816. The Kier molecular flexibility index (Phi) is 5.99. The molecule has 1 saturated heterocycles. The molecule has 2 aliphatic heterocycles. The summed E-state index contributed by atoms with van der Waals surface area (Å²) in [6.07, 6.45) is 0. The number of carbonyl (C=O) groups excluding carboxylic acids is 1. The van der Waals surface area contributed by atoms with Crippen LogP contribution in [0.2, 0.25) is 0 Å². The van der Waals surface area contributed by atoms with E-state index in [1.807, 2.05) is 18.2 Å². The van der Waals surface area contributed by atoms with Crippen LogP contribution in [-0.4, -0.2) is 56.6 Å². The maximum atomic E-state index is 12.1. The molecular weight excluding hydrogens is 322 g/mol. The highest BCUT2D eigenvalue weighted by Crippen LogP contribution is 2.32. The number of hydrogen-bond donors (Lipinski definition) is 2. The number of hydrogen-bond acceptors (Lipinski definition) is 5. The SMILES string of the molecule is CC(C)[C@H](CNC(=O)NCc1ccc2c(c1)OCO2)N1CCOCC1. The van der Waals surface area contributed by atoms with E-state index in [9.17, 15) is 4.79 Å². The highest BCUT2D eigenvalue weighted by molar-refractivity contribution is 5.73. The van der Waals surface area contributed by atoms with Crippen molar-refractivity contribution in [2.45, 2.75) is 26.4 Å². The highest BCUT2D eigenvalue weighted by atomic mass is 16.7. The maximum Gasteiger partial charge on any atom is 0.315 e. The number of nitrogens with one attached hydrogen (secondary N) is 2. The van der Waals surface area contributed by atoms with E-state index < -0.39 is 0 Å². The molecule has 2 N–H and O–H groups in total. The Morgan fingerprint density at radius 3 is 2.68 bits per heavy atom. The molecule has 1 atom stereocenters. The number of benzene rings is 1. The molecule has 7 nitrogen and oxygen atoms in total. The first kappa shape index (κ1) is 17.8. The summed E-state index contributed by atoms with van der Waals surface area (Å²) >= 11 is 0. The van der Waals surface area contributed by atoms with Gasteiger partial charge in [-0.1, -0.05) is 19.9 Å². The van der Waals surface area contributed by atoms with E-state index in [1.54, 1.807) is 0 Å². The van der Waals surface area contributed by atoms with Gasteiger partial charge >= 0.3 is 6.03 Å². The van der Waals surface area contributed by atoms with Gasteiger partial charge in [-0.25, -0.2) is 4.79 Å². The van der Waals surface area contributed by atoms with E-state index >= 15 is 0 Å². The van der Waals surface area contributed by atoms with Crippen molar-refractivity contribution in [1.29, 1.82) is 0 Å². The molecule has 7 heteroatoms. The lowest BCUT2D eigenvalue weighted by Crippen LogP contribution is -2.52. The fraction of sp³-hybridized carbons (Fsp3) is 0.611. The number of amides is 2. The monoisotopic (exact) mass is 349 g/mol. The predicted octanol–water partition coefficient (Wildman–Crippen LogP) is 1.57. The van der Waals surface area contributed by atoms with E-state index in [2.05, 4.69) is 29.4 Å². The maximum absolute atomic E-state index is 12.1. The molecule has 138 valence electrons. The van der Waals surface area contributed by atoms with Gasteiger partial charge in [-0.05, 0) is 23.6 Å². The van der Waals surface area contributed by atoms with Gasteiger partial charge in [0.25, 0.3) is 0 Å². The minimum Gasteiger partial charge on any atom is -0.454 e. The average molecular weight is 349 g/mol. The third kappa shape index (κ3) is 4.76. The average Bonchev–Trinajstić information content (AvgIpc) is 3.08. The number of nitrogens with zero attached hydrogens (tertiary/aromatic N) is 1. The van der Waals surface area contributed by atoms with Gasteiger partial charge in [0.05, 0.1) is 13.2 Å². The molecule has 2 amide bonds. The van der Waals surface area contributed by atoms with Crippen LogP contribution in [0.15, 0.2) is 18.2 Å². The Hall–Kier alpha value is -1.99. The van der Waals surface area contributed by atoms with E-state index in [0.717, 1.165) is 43.4 Å². The number of morpholine rings is 1. The zero-order chi connectivity index (χ0) is 17.6. The van der Waals surface area contributed by atoms with Crippen molar-refractivity contribution in [3.8, 4) is 11.5 Å². The van der Waals surface area contributed by atoms with Crippen LogP contribution < -0.4 is 20.1 Å². The van der Waals surface area contributed by atoms with Crippen molar-refractivity contribution in [2.24, 2.45) is 5.92 Å². The molecule has 2 heterocycles. The van der Waals surface area contributed by atoms with Crippen molar-refractivity contribution in [3.05, 3.63) is 23.8 Å². The fourth-order valence-corrected chi connectivity index (χ4v) is 3.19. The second-order valence-electron chi connectivity index (χ2n) is 6.71. The van der Waals surface area contributed by atoms with E-state index in [4.69, 9.17) is 14.2 Å². The summed E-state index contributed by atoms with van der Waals surface area (Å²) in [6, 6.07) is 5.85. The first-order chi connectivity index (χ1) is 12.1. The summed E-state index contributed by atoms with van der Waals surface area (Å²) in [5.74, 6) is 1.94. The molecule has 1 aromatic rings. The van der Waals surface area contributed by atoms with E-state index in [-0.39, 0.29) is 12.8 Å². The van der Waals surface area contributed by atoms with Crippen molar-refractivity contribution in [3.63, 3.8) is 0 Å². The van der Waals surface area contributed by atoms with Gasteiger partial charge in [0, 0.05) is 32.2 Å². The molecular formula is C18H27N3O4. The van der Waals surface area contributed by atoms with E-state index in [1.165, 1.54) is 0 Å². The molecule has 0 aliphatic carbocycles. The Morgan fingerprint density at radius 2 is 1.92 bits per heavy atom. The molecule has 1 aromatic carbocycles. The van der Waals surface area contributed by atoms with Crippen LogP contribution in [0.4, 0.5) is 4.79 Å². The second kappa shape index (κ2) is 8.40. The molecule has 3 rings (SSSR count). The topological polar surface area (TPSA) is 72.1 Å². The van der Waals surface area contributed by atoms with Crippen LogP contribution in [0.5, 0.6) is 11.5 Å². The lowest BCUT2D eigenvalue weighted by Gasteiger charge is -2.36. The first-order valence-electron chi connectivity index (χ1n) is 8.85. The van der Waals surface area contributed by atoms with Crippen molar-refractivity contribution in [2.75, 3.05) is 39.6 Å². The largest absolute Gasteiger partial charge is 0.454 e. The van der Waals surface area contributed by atoms with Gasteiger partial charge in [-0.15, -0.1) is 0 Å². The molecule has 0 spiro atoms. The lowest BCUT2D eigenvalue weighted by atomic mass is 10.0. The smallest absolute Gasteiger partial charge is 0.315 e. The molecule has 0 radical (unpaired) electrons. The van der Waals surface area contributed by atoms with Crippen LogP contribution >= 0.6 is 0 Å². The van der Waals surface area contributed by atoms with Crippen LogP contribution in [0, 0.1) is 5.92 Å². The number of rotatable bonds is 6. The van der Waals surface area contributed by atoms with Gasteiger partial charge in [-0.3, -0.25) is 4.90 Å². The van der Waals surface area contributed by atoms with Crippen LogP contribution in [0.1, 0.15) is 19.4 Å². The van der Waals surface area contributed by atoms with Gasteiger partial charge < -0.3 is 24.8 Å². The van der Waals surface area contributed by atoms with E-state index in [0.29, 0.717) is 25.0 Å².